The van der Waals surface area contributed by atoms with Crippen LogP contribution in [-0.2, 0) is 0 Å². The molecule has 2 heteroatoms. The van der Waals surface area contributed by atoms with E-state index in [0.29, 0.717) is 0 Å². The molecule has 1 saturated heterocycles. The molecule has 2 nitrogen and oxygen atoms in total. The summed E-state index contributed by atoms with van der Waals surface area (Å²) in [5, 5.41) is 9.35. The number of nitrogens with zero attached hydrogens (tertiary/aromatic N) is 1. The van der Waals surface area contributed by atoms with Crippen molar-refractivity contribution in [2.24, 2.45) is 0 Å². The van der Waals surface area contributed by atoms with Crippen LogP contribution in [0.15, 0.2) is 12.7 Å². The minimum atomic E-state index is -0.272. The summed E-state index contributed by atoms with van der Waals surface area (Å²) in [5.74, 6) is 0. The predicted octanol–water partition coefficient (Wildman–Crippen LogP) is 1.14. The zero-order valence-corrected chi connectivity index (χ0v) is 6.16. The van der Waals surface area contributed by atoms with Crippen LogP contribution in [0.4, 0.5) is 0 Å². The molecule has 0 spiro atoms. The molecule has 0 saturated carbocycles. The summed E-state index contributed by atoms with van der Waals surface area (Å²) in [4.78, 5) is 1.93. The second kappa shape index (κ2) is 3.74. The van der Waals surface area contributed by atoms with Gasteiger partial charge in [0.15, 0.2) is 0 Å². The highest BCUT2D eigenvalue weighted by Crippen LogP contribution is 2.15. The van der Waals surface area contributed by atoms with E-state index in [4.69, 9.17) is 0 Å². The molecule has 0 bridgehead atoms. The average Bonchev–Trinajstić information content (AvgIpc) is 1.94. The summed E-state index contributed by atoms with van der Waals surface area (Å²) < 4.78 is 0. The van der Waals surface area contributed by atoms with Crippen molar-refractivity contribution in [3.63, 3.8) is 0 Å². The van der Waals surface area contributed by atoms with Crippen LogP contribution in [0, 0.1) is 6.54 Å². The van der Waals surface area contributed by atoms with E-state index < -0.39 is 0 Å². The number of hydrogen-bond donors (Lipinski definition) is 1. The van der Waals surface area contributed by atoms with E-state index in [0.717, 1.165) is 19.4 Å². The van der Waals surface area contributed by atoms with Crippen LogP contribution < -0.4 is 0 Å². The maximum absolute atomic E-state index is 9.35. The summed E-state index contributed by atoms with van der Waals surface area (Å²) in [7, 11) is 0. The number of likely N-dealkylation sites (tertiary alicyclic amines) is 1. The monoisotopic (exact) mass is 140 g/mol. The largest absolute Gasteiger partial charge is 0.378 e. The highest BCUT2D eigenvalue weighted by atomic mass is 16.3. The minimum absolute atomic E-state index is 0.272. The van der Waals surface area contributed by atoms with Crippen molar-refractivity contribution in [2.45, 2.75) is 25.5 Å². The lowest BCUT2D eigenvalue weighted by Crippen LogP contribution is -2.36. The lowest BCUT2D eigenvalue weighted by atomic mass is 10.1. The summed E-state index contributed by atoms with van der Waals surface area (Å²) in [6, 6.07) is 0. The summed E-state index contributed by atoms with van der Waals surface area (Å²) in [6.45, 7) is 6.40. The molecule has 1 atom stereocenters. The second-order valence-electron chi connectivity index (χ2n) is 2.60. The van der Waals surface area contributed by atoms with Crippen molar-refractivity contribution >= 4 is 0 Å². The first-order valence-electron chi connectivity index (χ1n) is 3.74. The van der Waals surface area contributed by atoms with E-state index in [-0.39, 0.29) is 6.23 Å². The van der Waals surface area contributed by atoms with Crippen LogP contribution in [-0.4, -0.2) is 22.8 Å². The number of hydrogen-bond acceptors (Lipinski definition) is 2. The van der Waals surface area contributed by atoms with Crippen LogP contribution in [0.1, 0.15) is 19.3 Å². The van der Waals surface area contributed by atoms with Crippen LogP contribution in [0.2, 0.25) is 0 Å². The molecule has 0 aromatic carbocycles. The Morgan fingerprint density at radius 1 is 1.50 bits per heavy atom. The van der Waals surface area contributed by atoms with Crippen molar-refractivity contribution in [2.75, 3.05) is 6.54 Å². The fourth-order valence-corrected chi connectivity index (χ4v) is 1.25. The first kappa shape index (κ1) is 7.76. The predicted molar refractivity (Wildman–Crippen MR) is 41.1 cm³/mol. The van der Waals surface area contributed by atoms with Crippen molar-refractivity contribution in [1.82, 2.24) is 4.90 Å². The molecule has 0 aliphatic carbocycles. The van der Waals surface area contributed by atoms with Gasteiger partial charge in [-0.25, -0.2) is 0 Å². The molecule has 10 heavy (non-hydrogen) atoms. The van der Waals surface area contributed by atoms with Gasteiger partial charge in [0.05, 0.1) is 0 Å². The molecule has 1 fully saturated rings. The molecule has 1 aliphatic rings. The average molecular weight is 140 g/mol. The van der Waals surface area contributed by atoms with Gasteiger partial charge in [-0.15, -0.1) is 6.58 Å². The van der Waals surface area contributed by atoms with Gasteiger partial charge in [-0.2, -0.15) is 0 Å². The van der Waals surface area contributed by atoms with Crippen molar-refractivity contribution in [1.29, 1.82) is 0 Å². The molecule has 1 radical (unpaired) electrons. The minimum Gasteiger partial charge on any atom is -0.378 e. The highest BCUT2D eigenvalue weighted by molar-refractivity contribution is 4.88. The van der Waals surface area contributed by atoms with Gasteiger partial charge in [0.25, 0.3) is 0 Å². The Labute approximate surface area is 62.2 Å². The van der Waals surface area contributed by atoms with Gasteiger partial charge in [0.1, 0.15) is 6.23 Å². The van der Waals surface area contributed by atoms with Gasteiger partial charge >= 0.3 is 0 Å². The molecular formula is C8H14NO. The van der Waals surface area contributed by atoms with E-state index in [1.807, 2.05) is 11.4 Å². The molecule has 1 heterocycles. The van der Waals surface area contributed by atoms with Gasteiger partial charge in [0.2, 0.25) is 0 Å². The Balaban J connectivity index is 2.32. The van der Waals surface area contributed by atoms with Gasteiger partial charge in [-0.1, -0.05) is 6.08 Å². The van der Waals surface area contributed by atoms with Crippen LogP contribution in [0.25, 0.3) is 0 Å². The molecule has 57 valence electrons. The van der Waals surface area contributed by atoms with Crippen LogP contribution in [0.3, 0.4) is 0 Å². The number of rotatable bonds is 2. The molecule has 1 rings (SSSR count). The standard InChI is InChI=1S/C8H14NO/c1-2-6-9-7-4-3-5-8(9)10/h2,6,8,10H,1,3-5,7H2. The van der Waals surface area contributed by atoms with Gasteiger partial charge < -0.3 is 5.11 Å². The van der Waals surface area contributed by atoms with E-state index in [1.54, 1.807) is 6.08 Å². The topological polar surface area (TPSA) is 23.5 Å². The molecule has 1 unspecified atom stereocenters. The Morgan fingerprint density at radius 2 is 2.30 bits per heavy atom. The molecule has 1 aliphatic heterocycles. The number of piperidine rings is 1. The zero-order chi connectivity index (χ0) is 7.40. The third-order valence-corrected chi connectivity index (χ3v) is 1.81. The van der Waals surface area contributed by atoms with E-state index in [2.05, 4.69) is 6.58 Å². The van der Waals surface area contributed by atoms with E-state index in [1.165, 1.54) is 6.42 Å². The highest BCUT2D eigenvalue weighted by Gasteiger charge is 2.17. The van der Waals surface area contributed by atoms with Crippen LogP contribution in [0.5, 0.6) is 0 Å². The normalized spacial score (nSPS) is 28.3. The third-order valence-electron chi connectivity index (χ3n) is 1.81. The zero-order valence-electron chi connectivity index (χ0n) is 6.16. The molecule has 0 amide bonds. The van der Waals surface area contributed by atoms with Crippen molar-refractivity contribution in [3.05, 3.63) is 19.2 Å². The summed E-state index contributed by atoms with van der Waals surface area (Å²) in [6.07, 6.45) is 4.66. The van der Waals surface area contributed by atoms with Crippen molar-refractivity contribution < 1.29 is 5.11 Å². The molecule has 1 N–H and O–H groups in total. The fraction of sp³-hybridized carbons (Fsp3) is 0.625. The van der Waals surface area contributed by atoms with E-state index in [9.17, 15) is 5.11 Å². The molecule has 0 aromatic heterocycles. The Bertz CT molecular complexity index is 114. The first-order valence-corrected chi connectivity index (χ1v) is 3.74. The fourth-order valence-electron chi connectivity index (χ4n) is 1.25. The second-order valence-corrected chi connectivity index (χ2v) is 2.60. The Hall–Kier alpha value is -0.340. The molecular weight excluding hydrogens is 126 g/mol. The molecule has 0 aromatic rings. The number of aliphatic hydroxyl groups excluding tert-OH is 1. The summed E-state index contributed by atoms with van der Waals surface area (Å²) in [5.41, 5.74) is 0. The third kappa shape index (κ3) is 1.82. The quantitative estimate of drug-likeness (QED) is 0.621. The lowest BCUT2D eigenvalue weighted by Gasteiger charge is -2.30. The van der Waals surface area contributed by atoms with Gasteiger partial charge in [-0.05, 0) is 19.3 Å². The number of aliphatic hydroxyl groups is 1. The Morgan fingerprint density at radius 3 is 2.90 bits per heavy atom. The maximum atomic E-state index is 9.35. The maximum Gasteiger partial charge on any atom is 0.107 e. The lowest BCUT2D eigenvalue weighted by molar-refractivity contribution is -0.000304. The Kier molecular flexibility index (Phi) is 2.90. The van der Waals surface area contributed by atoms with Gasteiger partial charge in [0, 0.05) is 13.1 Å². The van der Waals surface area contributed by atoms with E-state index >= 15 is 0 Å². The van der Waals surface area contributed by atoms with Crippen molar-refractivity contribution in [3.8, 4) is 0 Å². The summed E-state index contributed by atoms with van der Waals surface area (Å²) >= 11 is 0. The smallest absolute Gasteiger partial charge is 0.107 e. The van der Waals surface area contributed by atoms with Crippen LogP contribution >= 0.6 is 0 Å². The van der Waals surface area contributed by atoms with Gasteiger partial charge in [-0.3, -0.25) is 4.90 Å². The SMILES string of the molecule is C=C[CH]N1CCCCC1O. The first-order chi connectivity index (χ1) is 4.84.